The first kappa shape index (κ1) is 20.4. The lowest BCUT2D eigenvalue weighted by Crippen LogP contribution is -2.32. The first-order valence-corrected chi connectivity index (χ1v) is 10.2. The molecule has 5 nitrogen and oxygen atoms in total. The number of carbonyl (C=O) groups excluding carboxylic acids is 2. The lowest BCUT2D eigenvalue weighted by atomic mass is 10.1. The van der Waals surface area contributed by atoms with E-state index in [1.165, 1.54) is 6.07 Å². The fraction of sp³-hybridized carbons (Fsp3) is 0.263. The van der Waals surface area contributed by atoms with Gasteiger partial charge in [-0.15, -0.1) is 0 Å². The summed E-state index contributed by atoms with van der Waals surface area (Å²) in [5, 5.41) is 6.33. The van der Waals surface area contributed by atoms with Crippen LogP contribution in [0.5, 0.6) is 0 Å². The van der Waals surface area contributed by atoms with Gasteiger partial charge in [0.05, 0.1) is 27.9 Å². The molecule has 8 heteroatoms. The number of ether oxygens (including phenoxy) is 1. The van der Waals surface area contributed by atoms with Crippen LogP contribution in [0, 0.1) is 3.57 Å². The van der Waals surface area contributed by atoms with Crippen molar-refractivity contribution in [2.45, 2.75) is 18.9 Å². The topological polar surface area (TPSA) is 67.4 Å². The van der Waals surface area contributed by atoms with Gasteiger partial charge in [-0.25, -0.2) is 0 Å². The van der Waals surface area contributed by atoms with E-state index in [2.05, 4.69) is 33.2 Å². The fourth-order valence-electron chi connectivity index (χ4n) is 2.78. The van der Waals surface area contributed by atoms with E-state index in [0.717, 1.165) is 23.0 Å². The van der Waals surface area contributed by atoms with Crippen molar-refractivity contribution in [2.24, 2.45) is 0 Å². The summed E-state index contributed by atoms with van der Waals surface area (Å²) in [6.45, 7) is 1.17. The maximum atomic E-state index is 12.6. The Morgan fingerprint density at radius 3 is 2.63 bits per heavy atom. The Morgan fingerprint density at radius 2 is 1.93 bits per heavy atom. The standard InChI is InChI=1S/C19H17Cl2IN2O3/c20-11-3-5-14(16(21)8-11)19(26)24-17-6-4-12(22)9-15(17)18(25)23-10-13-2-1-7-27-13/h3-6,8-9,13H,1-2,7,10H2,(H,23,25)(H,24,26)/t13-/m1/s1. The number of amides is 2. The van der Waals surface area contributed by atoms with Gasteiger partial charge >= 0.3 is 0 Å². The molecule has 2 N–H and O–H groups in total. The van der Waals surface area contributed by atoms with Crippen LogP contribution >= 0.6 is 45.8 Å². The molecule has 0 bridgehead atoms. The van der Waals surface area contributed by atoms with Crippen LogP contribution in [-0.4, -0.2) is 31.1 Å². The van der Waals surface area contributed by atoms with Crippen molar-refractivity contribution in [2.75, 3.05) is 18.5 Å². The summed E-state index contributed by atoms with van der Waals surface area (Å²) in [4.78, 5) is 25.2. The summed E-state index contributed by atoms with van der Waals surface area (Å²) in [6, 6.07) is 9.88. The van der Waals surface area contributed by atoms with Crippen LogP contribution in [0.25, 0.3) is 0 Å². The molecule has 1 aliphatic rings. The number of benzene rings is 2. The first-order chi connectivity index (χ1) is 12.9. The predicted molar refractivity (Wildman–Crippen MR) is 115 cm³/mol. The van der Waals surface area contributed by atoms with E-state index in [9.17, 15) is 9.59 Å². The predicted octanol–water partition coefficient (Wildman–Crippen LogP) is 4.76. The quantitative estimate of drug-likeness (QED) is 0.561. The zero-order valence-electron chi connectivity index (χ0n) is 14.2. The van der Waals surface area contributed by atoms with Crippen molar-refractivity contribution >= 4 is 63.3 Å². The minimum Gasteiger partial charge on any atom is -0.376 e. The van der Waals surface area contributed by atoms with Crippen LogP contribution in [0.1, 0.15) is 33.6 Å². The second-order valence-corrected chi connectivity index (χ2v) is 8.20. The van der Waals surface area contributed by atoms with Gasteiger partial charge in [-0.1, -0.05) is 23.2 Å². The van der Waals surface area contributed by atoms with E-state index in [1.807, 2.05) is 6.07 Å². The number of hydrogen-bond acceptors (Lipinski definition) is 3. The monoisotopic (exact) mass is 518 g/mol. The van der Waals surface area contributed by atoms with E-state index in [1.54, 1.807) is 24.3 Å². The molecule has 0 saturated carbocycles. The van der Waals surface area contributed by atoms with Gasteiger partial charge in [0.1, 0.15) is 0 Å². The lowest BCUT2D eigenvalue weighted by molar-refractivity contribution is 0.0858. The number of hydrogen-bond donors (Lipinski definition) is 2. The molecule has 0 spiro atoms. The summed E-state index contributed by atoms with van der Waals surface area (Å²) in [7, 11) is 0. The maximum absolute atomic E-state index is 12.6. The van der Waals surface area contributed by atoms with Crippen molar-refractivity contribution in [1.29, 1.82) is 0 Å². The molecule has 0 aromatic heterocycles. The highest BCUT2D eigenvalue weighted by Gasteiger charge is 2.20. The van der Waals surface area contributed by atoms with Crippen LogP contribution in [0.3, 0.4) is 0 Å². The minimum atomic E-state index is -0.411. The molecule has 1 heterocycles. The molecular weight excluding hydrogens is 502 g/mol. The highest BCUT2D eigenvalue weighted by Crippen LogP contribution is 2.24. The van der Waals surface area contributed by atoms with Gasteiger partial charge in [0.25, 0.3) is 11.8 Å². The van der Waals surface area contributed by atoms with Crippen LogP contribution in [-0.2, 0) is 4.74 Å². The molecule has 1 atom stereocenters. The van der Waals surface area contributed by atoms with Gasteiger partial charge in [0, 0.05) is 21.7 Å². The molecular formula is C19H17Cl2IN2O3. The SMILES string of the molecule is O=C(Nc1ccc(I)cc1C(=O)NC[C@H]1CCCO1)c1ccc(Cl)cc1Cl. The molecule has 2 aromatic carbocycles. The Kier molecular flexibility index (Phi) is 6.97. The number of nitrogens with one attached hydrogen (secondary N) is 2. The van der Waals surface area contributed by atoms with Gasteiger partial charge in [0.15, 0.2) is 0 Å². The molecule has 0 unspecified atom stereocenters. The van der Waals surface area contributed by atoms with Gasteiger partial charge in [-0.05, 0) is 71.8 Å². The van der Waals surface area contributed by atoms with Crippen molar-refractivity contribution < 1.29 is 14.3 Å². The van der Waals surface area contributed by atoms with Gasteiger partial charge < -0.3 is 15.4 Å². The third kappa shape index (κ3) is 5.34. The normalized spacial score (nSPS) is 16.2. The fourth-order valence-corrected chi connectivity index (χ4v) is 3.77. The molecule has 0 radical (unpaired) electrons. The maximum Gasteiger partial charge on any atom is 0.257 e. The lowest BCUT2D eigenvalue weighted by Gasteiger charge is -2.14. The Hall–Kier alpha value is -1.35. The van der Waals surface area contributed by atoms with E-state index in [4.69, 9.17) is 27.9 Å². The zero-order chi connectivity index (χ0) is 19.4. The molecule has 3 rings (SSSR count). The number of halogens is 3. The second kappa shape index (κ2) is 9.23. The smallest absolute Gasteiger partial charge is 0.257 e. The summed E-state index contributed by atoms with van der Waals surface area (Å²) >= 11 is 14.1. The molecule has 142 valence electrons. The summed E-state index contributed by atoms with van der Waals surface area (Å²) in [5.74, 6) is -0.674. The van der Waals surface area contributed by atoms with Crippen LogP contribution in [0.15, 0.2) is 36.4 Å². The van der Waals surface area contributed by atoms with Gasteiger partial charge in [0.2, 0.25) is 0 Å². The summed E-state index contributed by atoms with van der Waals surface area (Å²) < 4.78 is 6.41. The largest absolute Gasteiger partial charge is 0.376 e. The highest BCUT2D eigenvalue weighted by atomic mass is 127. The Balaban J connectivity index is 1.76. The Morgan fingerprint density at radius 1 is 1.11 bits per heavy atom. The third-order valence-electron chi connectivity index (χ3n) is 4.16. The number of rotatable bonds is 5. The van der Waals surface area contributed by atoms with Crippen LogP contribution in [0.2, 0.25) is 10.0 Å². The molecule has 0 aliphatic carbocycles. The average molecular weight is 519 g/mol. The van der Waals surface area contributed by atoms with Crippen molar-refractivity contribution in [3.63, 3.8) is 0 Å². The zero-order valence-corrected chi connectivity index (χ0v) is 17.9. The molecule has 1 fully saturated rings. The van der Waals surface area contributed by atoms with Crippen molar-refractivity contribution in [3.8, 4) is 0 Å². The molecule has 27 heavy (non-hydrogen) atoms. The molecule has 1 aliphatic heterocycles. The highest BCUT2D eigenvalue weighted by molar-refractivity contribution is 14.1. The van der Waals surface area contributed by atoms with Gasteiger partial charge in [-0.2, -0.15) is 0 Å². The van der Waals surface area contributed by atoms with Crippen LogP contribution in [0.4, 0.5) is 5.69 Å². The molecule has 2 amide bonds. The number of anilines is 1. The van der Waals surface area contributed by atoms with E-state index < -0.39 is 5.91 Å². The van der Waals surface area contributed by atoms with E-state index >= 15 is 0 Å². The third-order valence-corrected chi connectivity index (χ3v) is 5.38. The second-order valence-electron chi connectivity index (χ2n) is 6.11. The van der Waals surface area contributed by atoms with Crippen molar-refractivity contribution in [1.82, 2.24) is 5.32 Å². The number of carbonyl (C=O) groups is 2. The average Bonchev–Trinajstić information content (AvgIpc) is 3.14. The molecule has 1 saturated heterocycles. The molecule has 2 aromatic rings. The summed E-state index contributed by atoms with van der Waals surface area (Å²) in [6.07, 6.45) is 1.99. The first-order valence-electron chi connectivity index (χ1n) is 8.40. The Bertz CT molecular complexity index is 870. The summed E-state index contributed by atoms with van der Waals surface area (Å²) in [5.41, 5.74) is 1.08. The van der Waals surface area contributed by atoms with Gasteiger partial charge in [-0.3, -0.25) is 9.59 Å². The van der Waals surface area contributed by atoms with E-state index in [0.29, 0.717) is 22.8 Å². The minimum absolute atomic E-state index is 0.0441. The Labute approximate surface area is 180 Å². The van der Waals surface area contributed by atoms with Crippen molar-refractivity contribution in [3.05, 3.63) is 61.1 Å². The van der Waals surface area contributed by atoms with E-state index in [-0.39, 0.29) is 22.6 Å². The van der Waals surface area contributed by atoms with Crippen LogP contribution < -0.4 is 10.6 Å².